The first kappa shape index (κ1) is 13.9. The highest BCUT2D eigenvalue weighted by Gasteiger charge is 2.25. The number of aromatic nitrogens is 2. The van der Waals surface area contributed by atoms with Gasteiger partial charge in [-0.25, -0.2) is 14.1 Å². The van der Waals surface area contributed by atoms with Gasteiger partial charge in [0, 0.05) is 18.2 Å². The Morgan fingerprint density at radius 3 is 2.52 bits per heavy atom. The van der Waals surface area contributed by atoms with Crippen LogP contribution in [0.3, 0.4) is 0 Å². The normalized spacial score (nSPS) is 16.3. The molecule has 1 aromatic heterocycles. The molecule has 0 spiro atoms. The first-order valence-electron chi connectivity index (χ1n) is 7.66. The van der Waals surface area contributed by atoms with Gasteiger partial charge in [-0.2, -0.15) is 5.10 Å². The third-order valence-corrected chi connectivity index (χ3v) is 4.21. The Kier molecular flexibility index (Phi) is 3.30. The summed E-state index contributed by atoms with van der Waals surface area (Å²) in [4.78, 5) is 4.57. The van der Waals surface area contributed by atoms with Gasteiger partial charge in [0.1, 0.15) is 5.82 Å². The van der Waals surface area contributed by atoms with E-state index in [0.717, 1.165) is 29.1 Å². The first-order chi connectivity index (χ1) is 11.2. The van der Waals surface area contributed by atoms with E-state index in [1.807, 2.05) is 36.0 Å². The molecular weight excluding hydrogens is 289 g/mol. The fourth-order valence-electron chi connectivity index (χ4n) is 3.12. The Balaban J connectivity index is 1.85. The number of benzene rings is 2. The fraction of sp³-hybridized carbons (Fsp3) is 0.158. The molecule has 1 aliphatic rings. The summed E-state index contributed by atoms with van der Waals surface area (Å²) in [5.41, 5.74) is 4.04. The largest absolute Gasteiger partial charge is 0.241 e. The van der Waals surface area contributed by atoms with Crippen molar-refractivity contribution >= 4 is 12.0 Å². The van der Waals surface area contributed by atoms with Gasteiger partial charge in [-0.1, -0.05) is 42.5 Å². The first-order valence-corrected chi connectivity index (χ1v) is 7.66. The monoisotopic (exact) mass is 305 g/mol. The van der Waals surface area contributed by atoms with Crippen molar-refractivity contribution in [3.63, 3.8) is 0 Å². The van der Waals surface area contributed by atoms with E-state index in [4.69, 9.17) is 5.10 Å². The average Bonchev–Trinajstić information content (AvgIpc) is 2.92. The molecule has 114 valence electrons. The molecule has 0 bridgehead atoms. The summed E-state index contributed by atoms with van der Waals surface area (Å²) in [6.45, 7) is 1.97. The van der Waals surface area contributed by atoms with Crippen molar-refractivity contribution in [2.75, 3.05) is 0 Å². The molecule has 4 heteroatoms. The van der Waals surface area contributed by atoms with Gasteiger partial charge in [0.15, 0.2) is 5.82 Å². The van der Waals surface area contributed by atoms with E-state index in [1.165, 1.54) is 17.7 Å². The van der Waals surface area contributed by atoms with Gasteiger partial charge in [-0.3, -0.25) is 0 Å². The minimum Gasteiger partial charge on any atom is -0.241 e. The van der Waals surface area contributed by atoms with E-state index >= 15 is 0 Å². The SMILES string of the molecule is Cc1nn2c(c1-c1ccc(F)cc1)N=CC[C@@H]2c1ccccc1. The van der Waals surface area contributed by atoms with Crippen LogP contribution in [-0.2, 0) is 0 Å². The van der Waals surface area contributed by atoms with Crippen LogP contribution in [0.2, 0.25) is 0 Å². The molecule has 0 unspecified atom stereocenters. The molecule has 2 heterocycles. The number of hydrogen-bond donors (Lipinski definition) is 0. The second kappa shape index (κ2) is 5.47. The van der Waals surface area contributed by atoms with E-state index < -0.39 is 0 Å². The van der Waals surface area contributed by atoms with Crippen LogP contribution in [0.1, 0.15) is 23.7 Å². The summed E-state index contributed by atoms with van der Waals surface area (Å²) in [7, 11) is 0. The summed E-state index contributed by atoms with van der Waals surface area (Å²) in [5, 5.41) is 4.72. The molecule has 1 aliphatic heterocycles. The van der Waals surface area contributed by atoms with Crippen molar-refractivity contribution in [3.8, 4) is 11.1 Å². The van der Waals surface area contributed by atoms with Crippen LogP contribution in [0.25, 0.3) is 11.1 Å². The van der Waals surface area contributed by atoms with E-state index in [9.17, 15) is 4.39 Å². The van der Waals surface area contributed by atoms with Gasteiger partial charge in [-0.15, -0.1) is 0 Å². The lowest BCUT2D eigenvalue weighted by atomic mass is 10.0. The van der Waals surface area contributed by atoms with E-state index in [0.29, 0.717) is 0 Å². The van der Waals surface area contributed by atoms with E-state index in [2.05, 4.69) is 17.1 Å². The fourth-order valence-corrected chi connectivity index (χ4v) is 3.12. The average molecular weight is 305 g/mol. The van der Waals surface area contributed by atoms with Crippen LogP contribution in [0.5, 0.6) is 0 Å². The quantitative estimate of drug-likeness (QED) is 0.675. The van der Waals surface area contributed by atoms with Crippen LogP contribution < -0.4 is 0 Å². The molecule has 1 atom stereocenters. The lowest BCUT2D eigenvalue weighted by molar-refractivity contribution is 0.533. The molecule has 4 rings (SSSR count). The third kappa shape index (κ3) is 2.36. The highest BCUT2D eigenvalue weighted by Crippen LogP contribution is 2.39. The molecule has 0 N–H and O–H groups in total. The molecule has 2 aromatic carbocycles. The summed E-state index contributed by atoms with van der Waals surface area (Å²) in [6, 6.07) is 17.0. The Bertz CT molecular complexity index is 864. The van der Waals surface area contributed by atoms with Crippen molar-refractivity contribution < 1.29 is 4.39 Å². The highest BCUT2D eigenvalue weighted by molar-refractivity contribution is 5.80. The highest BCUT2D eigenvalue weighted by atomic mass is 19.1. The van der Waals surface area contributed by atoms with Crippen molar-refractivity contribution in [2.45, 2.75) is 19.4 Å². The molecular formula is C19H16FN3. The van der Waals surface area contributed by atoms with Crippen LogP contribution >= 0.6 is 0 Å². The van der Waals surface area contributed by atoms with Gasteiger partial charge in [0.25, 0.3) is 0 Å². The number of hydrogen-bond acceptors (Lipinski definition) is 2. The zero-order valence-corrected chi connectivity index (χ0v) is 12.8. The van der Waals surface area contributed by atoms with Gasteiger partial charge in [0.2, 0.25) is 0 Å². The molecule has 0 aliphatic carbocycles. The van der Waals surface area contributed by atoms with Gasteiger partial charge < -0.3 is 0 Å². The van der Waals surface area contributed by atoms with Crippen molar-refractivity contribution in [3.05, 3.63) is 71.7 Å². The number of aryl methyl sites for hydroxylation is 1. The minimum absolute atomic E-state index is 0.150. The number of fused-ring (bicyclic) bond motifs is 1. The summed E-state index contributed by atoms with van der Waals surface area (Å²) in [5.74, 6) is 0.604. The predicted octanol–water partition coefficient (Wildman–Crippen LogP) is 4.69. The van der Waals surface area contributed by atoms with Crippen LogP contribution in [0.15, 0.2) is 59.6 Å². The molecule has 3 aromatic rings. The maximum atomic E-state index is 13.2. The maximum absolute atomic E-state index is 13.2. The second-order valence-electron chi connectivity index (χ2n) is 5.71. The Morgan fingerprint density at radius 1 is 1.04 bits per heavy atom. The smallest absolute Gasteiger partial charge is 0.158 e. The Labute approximate surface area is 134 Å². The lowest BCUT2D eigenvalue weighted by Gasteiger charge is -2.21. The minimum atomic E-state index is -0.238. The van der Waals surface area contributed by atoms with Gasteiger partial charge in [-0.05, 0) is 30.2 Å². The van der Waals surface area contributed by atoms with Crippen molar-refractivity contribution in [2.24, 2.45) is 4.99 Å². The maximum Gasteiger partial charge on any atom is 0.158 e. The summed E-state index contributed by atoms with van der Waals surface area (Å²) < 4.78 is 15.2. The van der Waals surface area contributed by atoms with Crippen LogP contribution in [-0.4, -0.2) is 16.0 Å². The Morgan fingerprint density at radius 2 is 1.78 bits per heavy atom. The zero-order valence-electron chi connectivity index (χ0n) is 12.8. The molecule has 0 radical (unpaired) electrons. The topological polar surface area (TPSA) is 30.2 Å². The number of halogens is 1. The molecule has 3 nitrogen and oxygen atoms in total. The van der Waals surface area contributed by atoms with Gasteiger partial charge >= 0.3 is 0 Å². The third-order valence-electron chi connectivity index (χ3n) is 4.21. The van der Waals surface area contributed by atoms with Crippen LogP contribution in [0.4, 0.5) is 10.2 Å². The molecule has 0 fully saturated rings. The van der Waals surface area contributed by atoms with Crippen LogP contribution in [0, 0.1) is 12.7 Å². The number of rotatable bonds is 2. The Hall–Kier alpha value is -2.75. The van der Waals surface area contributed by atoms with E-state index in [-0.39, 0.29) is 11.9 Å². The number of aliphatic imine (C=N–C) groups is 1. The lowest BCUT2D eigenvalue weighted by Crippen LogP contribution is -2.15. The second-order valence-corrected chi connectivity index (χ2v) is 5.71. The molecule has 0 saturated carbocycles. The van der Waals surface area contributed by atoms with Crippen molar-refractivity contribution in [1.29, 1.82) is 0 Å². The molecule has 0 saturated heterocycles. The molecule has 23 heavy (non-hydrogen) atoms. The summed E-state index contributed by atoms with van der Waals surface area (Å²) >= 11 is 0. The number of nitrogens with zero attached hydrogens (tertiary/aromatic N) is 3. The standard InChI is InChI=1S/C19H16FN3/c1-13-18(15-7-9-16(20)10-8-15)19-21-12-11-17(23(19)22-13)14-5-3-2-4-6-14/h2-10,12,17H,11H2,1H3/t17-/m1/s1. The zero-order chi connectivity index (χ0) is 15.8. The predicted molar refractivity (Wildman–Crippen MR) is 89.7 cm³/mol. The molecule has 0 amide bonds. The van der Waals surface area contributed by atoms with Crippen molar-refractivity contribution in [1.82, 2.24) is 9.78 Å². The summed E-state index contributed by atoms with van der Waals surface area (Å²) in [6.07, 6.45) is 2.77. The van der Waals surface area contributed by atoms with Gasteiger partial charge in [0.05, 0.1) is 11.7 Å². The van der Waals surface area contributed by atoms with E-state index in [1.54, 1.807) is 12.1 Å².